The Morgan fingerprint density at radius 3 is 2.67 bits per heavy atom. The number of phenolic OH excluding ortho intramolecular Hbond substituents is 1. The van der Waals surface area contributed by atoms with Gasteiger partial charge in [0.2, 0.25) is 0 Å². The van der Waals surface area contributed by atoms with E-state index in [0.717, 1.165) is 0 Å². The van der Waals surface area contributed by atoms with Gasteiger partial charge in [0.25, 0.3) is 0 Å². The number of aromatic nitrogens is 2. The summed E-state index contributed by atoms with van der Waals surface area (Å²) in [7, 11) is 1.49. The van der Waals surface area contributed by atoms with E-state index >= 15 is 0 Å². The molecular weight excluding hydrogens is 584 g/mol. The molecule has 3 aromatic rings. The SMILES string of the molecule is COC(NCCOCCOC(=O)n1cnc(CCN)c1)c1ccc(-c2c3ccc(=O)cc-3oc3cc(O)ccc23)c(C(=O)O)c1. The molecule has 1 aromatic heterocycles. The van der Waals surface area contributed by atoms with Crippen molar-refractivity contribution in [3.05, 3.63) is 94.2 Å². The Labute approximate surface area is 257 Å². The van der Waals surface area contributed by atoms with Gasteiger partial charge in [-0.2, -0.15) is 0 Å². The van der Waals surface area contributed by atoms with Crippen molar-refractivity contribution in [2.75, 3.05) is 40.0 Å². The third-order valence-corrected chi connectivity index (χ3v) is 7.04. The molecule has 1 unspecified atom stereocenters. The average molecular weight is 617 g/mol. The minimum atomic E-state index is -1.16. The highest BCUT2D eigenvalue weighted by Gasteiger charge is 2.23. The number of nitrogens with one attached hydrogen (secondary N) is 1. The Bertz CT molecular complexity index is 1850. The Kier molecular flexibility index (Phi) is 9.85. The van der Waals surface area contributed by atoms with Gasteiger partial charge >= 0.3 is 12.1 Å². The molecule has 0 saturated carbocycles. The van der Waals surface area contributed by atoms with Gasteiger partial charge in [0, 0.05) is 54.9 Å². The van der Waals surface area contributed by atoms with Crippen molar-refractivity contribution in [2.24, 2.45) is 5.73 Å². The molecule has 2 aromatic carbocycles. The van der Waals surface area contributed by atoms with Crippen LogP contribution in [0.1, 0.15) is 27.8 Å². The Hall–Kier alpha value is -5.08. The van der Waals surface area contributed by atoms with E-state index in [0.29, 0.717) is 58.4 Å². The molecule has 234 valence electrons. The molecule has 5 rings (SSSR count). The molecule has 0 spiro atoms. The third kappa shape index (κ3) is 7.19. The largest absolute Gasteiger partial charge is 0.508 e. The fraction of sp³-hybridized carbons (Fsp3) is 0.250. The Morgan fingerprint density at radius 2 is 1.89 bits per heavy atom. The summed E-state index contributed by atoms with van der Waals surface area (Å²) in [5.74, 6) is -0.929. The van der Waals surface area contributed by atoms with E-state index in [9.17, 15) is 24.6 Å². The second kappa shape index (κ2) is 14.1. The molecule has 1 atom stereocenters. The number of rotatable bonds is 13. The highest BCUT2D eigenvalue weighted by Crippen LogP contribution is 2.42. The number of ether oxygens (including phenoxy) is 3. The van der Waals surface area contributed by atoms with Crippen molar-refractivity contribution in [2.45, 2.75) is 12.6 Å². The van der Waals surface area contributed by atoms with E-state index < -0.39 is 18.3 Å². The molecule has 0 radical (unpaired) electrons. The van der Waals surface area contributed by atoms with Gasteiger partial charge in [-0.15, -0.1) is 0 Å². The zero-order chi connectivity index (χ0) is 31.9. The molecule has 0 saturated heterocycles. The van der Waals surface area contributed by atoms with Gasteiger partial charge in [-0.05, 0) is 48.0 Å². The summed E-state index contributed by atoms with van der Waals surface area (Å²) in [6.45, 7) is 1.28. The number of imidazole rings is 1. The second-order valence-corrected chi connectivity index (χ2v) is 10.0. The predicted molar refractivity (Wildman–Crippen MR) is 163 cm³/mol. The molecule has 5 N–H and O–H groups in total. The molecular formula is C32H32N4O9. The summed E-state index contributed by atoms with van der Waals surface area (Å²) in [5, 5.41) is 24.0. The number of methoxy groups -OCH3 is 1. The number of fused-ring (bicyclic) bond motifs is 2. The first kappa shape index (κ1) is 31.3. The minimum Gasteiger partial charge on any atom is -0.508 e. The smallest absolute Gasteiger partial charge is 0.419 e. The van der Waals surface area contributed by atoms with Crippen LogP contribution in [0, 0.1) is 0 Å². The monoisotopic (exact) mass is 616 g/mol. The summed E-state index contributed by atoms with van der Waals surface area (Å²) in [4.78, 5) is 40.8. The lowest BCUT2D eigenvalue weighted by molar-refractivity contribution is 0.0480. The summed E-state index contributed by atoms with van der Waals surface area (Å²) in [5.41, 5.74) is 8.31. The number of aromatic hydroxyl groups is 1. The highest BCUT2D eigenvalue weighted by molar-refractivity contribution is 6.07. The number of phenols is 1. The summed E-state index contributed by atoms with van der Waals surface area (Å²) < 4.78 is 23.5. The molecule has 0 fully saturated rings. The third-order valence-electron chi connectivity index (χ3n) is 7.04. The molecule has 13 nitrogen and oxygen atoms in total. The molecule has 2 aliphatic rings. The van der Waals surface area contributed by atoms with Crippen LogP contribution in [0.4, 0.5) is 4.79 Å². The van der Waals surface area contributed by atoms with Crippen molar-refractivity contribution < 1.29 is 38.4 Å². The highest BCUT2D eigenvalue weighted by atomic mass is 16.6. The van der Waals surface area contributed by atoms with Crippen LogP contribution < -0.4 is 16.5 Å². The topological polar surface area (TPSA) is 188 Å². The number of benzene rings is 3. The maximum Gasteiger partial charge on any atom is 0.419 e. The van der Waals surface area contributed by atoms with Crippen LogP contribution in [0.2, 0.25) is 0 Å². The average Bonchev–Trinajstić information content (AvgIpc) is 3.50. The van der Waals surface area contributed by atoms with E-state index in [2.05, 4.69) is 10.3 Å². The molecule has 45 heavy (non-hydrogen) atoms. The fourth-order valence-electron chi connectivity index (χ4n) is 4.97. The van der Waals surface area contributed by atoms with Crippen LogP contribution in [-0.2, 0) is 20.6 Å². The lowest BCUT2D eigenvalue weighted by atomic mass is 9.89. The Balaban J connectivity index is 1.26. The number of nitrogens with zero attached hydrogens (tertiary/aromatic N) is 2. The molecule has 0 amide bonds. The van der Waals surface area contributed by atoms with Crippen LogP contribution in [0.3, 0.4) is 0 Å². The van der Waals surface area contributed by atoms with Gasteiger partial charge in [0.1, 0.15) is 36.3 Å². The van der Waals surface area contributed by atoms with Gasteiger partial charge < -0.3 is 34.6 Å². The van der Waals surface area contributed by atoms with Crippen LogP contribution in [0.15, 0.2) is 76.3 Å². The van der Waals surface area contributed by atoms with Crippen molar-refractivity contribution in [3.63, 3.8) is 0 Å². The number of hydrogen-bond acceptors (Lipinski definition) is 11. The summed E-state index contributed by atoms with van der Waals surface area (Å²) >= 11 is 0. The first-order valence-corrected chi connectivity index (χ1v) is 14.1. The zero-order valence-electron chi connectivity index (χ0n) is 24.4. The van der Waals surface area contributed by atoms with Gasteiger partial charge in [-0.25, -0.2) is 19.1 Å². The normalized spacial score (nSPS) is 12.0. The van der Waals surface area contributed by atoms with Crippen LogP contribution >= 0.6 is 0 Å². The van der Waals surface area contributed by atoms with E-state index in [1.165, 1.54) is 48.3 Å². The number of aromatic carboxylic acids is 1. The maximum absolute atomic E-state index is 12.5. The predicted octanol–water partition coefficient (Wildman–Crippen LogP) is 3.60. The van der Waals surface area contributed by atoms with Gasteiger partial charge in [0.15, 0.2) is 5.43 Å². The zero-order valence-corrected chi connectivity index (χ0v) is 24.4. The number of carboxylic acid groups (broad SMARTS) is 1. The molecule has 13 heteroatoms. The summed E-state index contributed by atoms with van der Waals surface area (Å²) in [6, 6.07) is 13.8. The van der Waals surface area contributed by atoms with Crippen molar-refractivity contribution in [1.29, 1.82) is 0 Å². The Morgan fingerprint density at radius 1 is 1.07 bits per heavy atom. The number of hydrogen-bond donors (Lipinski definition) is 4. The van der Waals surface area contributed by atoms with Crippen LogP contribution in [-0.4, -0.2) is 71.8 Å². The standard InChI is InChI=1S/C32H32N4O9/c1-42-30(34-10-11-43-12-13-44-32(41)36-17-20(8-9-33)35-18-36)19-2-5-23(26(14-19)31(39)40)29-24-6-3-21(37)15-27(24)45-28-16-22(38)4-7-25(28)29/h2-7,14-18,30,34,37H,8-13,33H2,1H3,(H,39,40). The van der Waals surface area contributed by atoms with E-state index in [-0.39, 0.29) is 42.3 Å². The molecule has 1 aliphatic carbocycles. The van der Waals surface area contributed by atoms with Gasteiger partial charge in [-0.3, -0.25) is 10.1 Å². The number of carbonyl (C=O) groups excluding carboxylic acids is 1. The first-order chi connectivity index (χ1) is 21.8. The maximum atomic E-state index is 12.5. The lowest BCUT2D eigenvalue weighted by Crippen LogP contribution is -2.27. The lowest BCUT2D eigenvalue weighted by Gasteiger charge is -2.21. The fourth-order valence-corrected chi connectivity index (χ4v) is 4.97. The van der Waals surface area contributed by atoms with E-state index in [1.54, 1.807) is 30.5 Å². The molecule has 1 aliphatic heterocycles. The second-order valence-electron chi connectivity index (χ2n) is 10.0. The van der Waals surface area contributed by atoms with Crippen molar-refractivity contribution in [1.82, 2.24) is 14.9 Å². The number of nitrogens with two attached hydrogens (primary N) is 1. The van der Waals surface area contributed by atoms with Crippen LogP contribution in [0.25, 0.3) is 33.4 Å². The van der Waals surface area contributed by atoms with Gasteiger partial charge in [-0.1, -0.05) is 12.1 Å². The van der Waals surface area contributed by atoms with Crippen LogP contribution in [0.5, 0.6) is 5.75 Å². The van der Waals surface area contributed by atoms with Crippen molar-refractivity contribution >= 4 is 23.0 Å². The van der Waals surface area contributed by atoms with Gasteiger partial charge in [0.05, 0.1) is 24.5 Å². The minimum absolute atomic E-state index is 0.00975. The quantitative estimate of drug-likeness (QED) is 0.0856. The van der Waals surface area contributed by atoms with E-state index in [1.807, 2.05) is 0 Å². The summed E-state index contributed by atoms with van der Waals surface area (Å²) in [6.07, 6.45) is 2.29. The van der Waals surface area contributed by atoms with Crippen molar-refractivity contribution in [3.8, 4) is 28.2 Å². The molecule has 2 heterocycles. The molecule has 0 bridgehead atoms. The first-order valence-electron chi connectivity index (χ1n) is 14.1. The number of carboxylic acids is 1. The van der Waals surface area contributed by atoms with E-state index in [4.69, 9.17) is 24.4 Å². The number of carbonyl (C=O) groups is 2.